The predicted octanol–water partition coefficient (Wildman–Crippen LogP) is 3.86. The van der Waals surface area contributed by atoms with Gasteiger partial charge in [-0.1, -0.05) is 30.3 Å². The number of rotatable bonds is 7. The molecule has 2 rings (SSSR count). The Labute approximate surface area is 135 Å². The predicted molar refractivity (Wildman–Crippen MR) is 90.6 cm³/mol. The normalized spacial score (nSPS) is 12.0. The van der Waals surface area contributed by atoms with Gasteiger partial charge in [-0.25, -0.2) is 0 Å². The Balaban J connectivity index is 1.99. The van der Waals surface area contributed by atoms with Gasteiger partial charge in [0.1, 0.15) is 5.75 Å². The minimum atomic E-state index is -0.492. The lowest BCUT2D eigenvalue weighted by Crippen LogP contribution is -2.01. The smallest absolute Gasteiger partial charge is 0.159 e. The fourth-order valence-corrected chi connectivity index (χ4v) is 3.14. The Hall–Kier alpha value is -1.78. The zero-order valence-corrected chi connectivity index (χ0v) is 13.6. The van der Waals surface area contributed by atoms with E-state index in [1.165, 1.54) is 0 Å². The molecule has 0 radical (unpaired) electrons. The number of aliphatic hydroxyl groups is 1. The van der Waals surface area contributed by atoms with Crippen LogP contribution in [0.4, 0.5) is 0 Å². The number of ether oxygens (including phenoxy) is 1. The third kappa shape index (κ3) is 4.36. The standard InChI is InChI=1S/C18H20O3S/c1-13(19)15-8-9-18(21-2)16(10-15)11-22-12-17(20)14-6-4-3-5-7-14/h3-10,17,20H,11-12H2,1-2H3. The quantitative estimate of drug-likeness (QED) is 0.788. The van der Waals surface area contributed by atoms with Crippen LogP contribution < -0.4 is 4.74 Å². The molecule has 0 aliphatic rings. The zero-order valence-electron chi connectivity index (χ0n) is 12.8. The molecule has 3 nitrogen and oxygen atoms in total. The summed E-state index contributed by atoms with van der Waals surface area (Å²) in [6.45, 7) is 1.55. The van der Waals surface area contributed by atoms with E-state index in [2.05, 4.69) is 0 Å². The van der Waals surface area contributed by atoms with Gasteiger partial charge in [0.05, 0.1) is 13.2 Å². The van der Waals surface area contributed by atoms with E-state index in [1.807, 2.05) is 42.5 Å². The third-order valence-corrected chi connectivity index (χ3v) is 4.47. The van der Waals surface area contributed by atoms with Crippen molar-refractivity contribution in [2.75, 3.05) is 12.9 Å². The molecule has 0 aromatic heterocycles. The van der Waals surface area contributed by atoms with Gasteiger partial charge in [0.25, 0.3) is 0 Å². The summed E-state index contributed by atoms with van der Waals surface area (Å²) in [6.07, 6.45) is -0.492. The molecule has 22 heavy (non-hydrogen) atoms. The maximum absolute atomic E-state index is 11.5. The van der Waals surface area contributed by atoms with Crippen molar-refractivity contribution in [3.8, 4) is 5.75 Å². The monoisotopic (exact) mass is 316 g/mol. The van der Waals surface area contributed by atoms with Crippen molar-refractivity contribution in [2.24, 2.45) is 0 Å². The van der Waals surface area contributed by atoms with Crippen LogP contribution in [0.15, 0.2) is 48.5 Å². The van der Waals surface area contributed by atoms with Crippen LogP contribution >= 0.6 is 11.8 Å². The minimum absolute atomic E-state index is 0.0400. The zero-order chi connectivity index (χ0) is 15.9. The number of ketones is 1. The molecule has 0 heterocycles. The Morgan fingerprint density at radius 2 is 1.95 bits per heavy atom. The van der Waals surface area contributed by atoms with Crippen molar-refractivity contribution in [3.05, 3.63) is 65.2 Å². The maximum Gasteiger partial charge on any atom is 0.159 e. The average Bonchev–Trinajstić information content (AvgIpc) is 2.55. The molecular weight excluding hydrogens is 296 g/mol. The lowest BCUT2D eigenvalue weighted by Gasteiger charge is -2.12. The first-order valence-electron chi connectivity index (χ1n) is 7.10. The van der Waals surface area contributed by atoms with Gasteiger partial charge in [-0.2, -0.15) is 11.8 Å². The van der Waals surface area contributed by atoms with Crippen molar-refractivity contribution >= 4 is 17.5 Å². The third-order valence-electron chi connectivity index (χ3n) is 3.40. The molecule has 4 heteroatoms. The van der Waals surface area contributed by atoms with Crippen LogP contribution in [0.3, 0.4) is 0 Å². The van der Waals surface area contributed by atoms with E-state index in [9.17, 15) is 9.90 Å². The topological polar surface area (TPSA) is 46.5 Å². The first-order valence-corrected chi connectivity index (χ1v) is 8.26. The second kappa shape index (κ2) is 8.01. The number of carbonyl (C=O) groups excluding carboxylic acids is 1. The fourth-order valence-electron chi connectivity index (χ4n) is 2.16. The van der Waals surface area contributed by atoms with E-state index < -0.39 is 6.10 Å². The molecular formula is C18H20O3S. The summed E-state index contributed by atoms with van der Waals surface area (Å²) >= 11 is 1.62. The number of thioether (sulfide) groups is 1. The summed E-state index contributed by atoms with van der Waals surface area (Å²) in [7, 11) is 1.62. The molecule has 2 aromatic carbocycles. The molecule has 0 saturated heterocycles. The van der Waals surface area contributed by atoms with Crippen LogP contribution in [-0.4, -0.2) is 23.8 Å². The number of Topliss-reactive ketones (excluding diaryl/α,β-unsaturated/α-hetero) is 1. The SMILES string of the molecule is COc1ccc(C(C)=O)cc1CSCC(O)c1ccccc1. The van der Waals surface area contributed by atoms with E-state index in [1.54, 1.807) is 31.9 Å². The first kappa shape index (κ1) is 16.6. The Morgan fingerprint density at radius 3 is 2.59 bits per heavy atom. The van der Waals surface area contributed by atoms with Crippen LogP contribution in [0.25, 0.3) is 0 Å². The Morgan fingerprint density at radius 1 is 1.23 bits per heavy atom. The average molecular weight is 316 g/mol. The molecule has 1 N–H and O–H groups in total. The lowest BCUT2D eigenvalue weighted by molar-refractivity contribution is 0.101. The highest BCUT2D eigenvalue weighted by Gasteiger charge is 2.10. The van der Waals surface area contributed by atoms with Gasteiger partial charge in [-0.15, -0.1) is 0 Å². The Kier molecular flexibility index (Phi) is 6.04. The molecule has 0 amide bonds. The first-order chi connectivity index (χ1) is 10.6. The summed E-state index contributed by atoms with van der Waals surface area (Å²) in [6, 6.07) is 15.1. The highest BCUT2D eigenvalue weighted by molar-refractivity contribution is 7.98. The number of hydrogen-bond donors (Lipinski definition) is 1. The van der Waals surface area contributed by atoms with Gasteiger partial charge in [-0.05, 0) is 30.7 Å². The maximum atomic E-state index is 11.5. The second-order valence-corrected chi connectivity index (χ2v) is 6.05. The molecule has 0 saturated carbocycles. The van der Waals surface area contributed by atoms with Gasteiger partial charge >= 0.3 is 0 Å². The van der Waals surface area contributed by atoms with Gasteiger partial charge in [-0.3, -0.25) is 4.79 Å². The molecule has 0 bridgehead atoms. The number of hydrogen-bond acceptors (Lipinski definition) is 4. The summed E-state index contributed by atoms with van der Waals surface area (Å²) < 4.78 is 5.34. The van der Waals surface area contributed by atoms with E-state index in [0.717, 1.165) is 16.9 Å². The molecule has 116 valence electrons. The van der Waals surface area contributed by atoms with E-state index in [4.69, 9.17) is 4.74 Å². The second-order valence-electron chi connectivity index (χ2n) is 5.02. The number of carbonyl (C=O) groups is 1. The summed E-state index contributed by atoms with van der Waals surface area (Å²) in [4.78, 5) is 11.5. The van der Waals surface area contributed by atoms with Crippen molar-refractivity contribution in [1.82, 2.24) is 0 Å². The largest absolute Gasteiger partial charge is 0.496 e. The Bertz CT molecular complexity index is 625. The molecule has 0 aliphatic heterocycles. The van der Waals surface area contributed by atoms with Crippen LogP contribution in [0.1, 0.15) is 34.5 Å². The van der Waals surface area contributed by atoms with E-state index >= 15 is 0 Å². The number of aliphatic hydroxyl groups excluding tert-OH is 1. The van der Waals surface area contributed by atoms with Crippen LogP contribution in [0, 0.1) is 0 Å². The van der Waals surface area contributed by atoms with Gasteiger partial charge in [0, 0.05) is 22.6 Å². The van der Waals surface area contributed by atoms with Crippen LogP contribution in [-0.2, 0) is 5.75 Å². The van der Waals surface area contributed by atoms with Crippen molar-refractivity contribution in [1.29, 1.82) is 0 Å². The number of methoxy groups -OCH3 is 1. The summed E-state index contributed by atoms with van der Waals surface area (Å²) in [5, 5.41) is 10.2. The molecule has 0 aliphatic carbocycles. The van der Waals surface area contributed by atoms with Gasteiger partial charge in [0.15, 0.2) is 5.78 Å². The highest BCUT2D eigenvalue weighted by atomic mass is 32.2. The van der Waals surface area contributed by atoms with Crippen LogP contribution in [0.5, 0.6) is 5.75 Å². The fraction of sp³-hybridized carbons (Fsp3) is 0.278. The van der Waals surface area contributed by atoms with E-state index in [0.29, 0.717) is 17.1 Å². The van der Waals surface area contributed by atoms with Gasteiger partial charge < -0.3 is 9.84 Å². The molecule has 2 aromatic rings. The number of benzene rings is 2. The van der Waals surface area contributed by atoms with Crippen molar-refractivity contribution in [2.45, 2.75) is 18.8 Å². The van der Waals surface area contributed by atoms with Gasteiger partial charge in [0.2, 0.25) is 0 Å². The molecule has 1 atom stereocenters. The van der Waals surface area contributed by atoms with Crippen molar-refractivity contribution < 1.29 is 14.6 Å². The highest BCUT2D eigenvalue weighted by Crippen LogP contribution is 2.27. The minimum Gasteiger partial charge on any atom is -0.496 e. The van der Waals surface area contributed by atoms with Crippen molar-refractivity contribution in [3.63, 3.8) is 0 Å². The summed E-state index contributed by atoms with van der Waals surface area (Å²) in [5.74, 6) is 2.09. The molecule has 1 unspecified atom stereocenters. The van der Waals surface area contributed by atoms with E-state index in [-0.39, 0.29) is 5.78 Å². The van der Waals surface area contributed by atoms with Crippen LogP contribution in [0.2, 0.25) is 0 Å². The molecule has 0 spiro atoms. The lowest BCUT2D eigenvalue weighted by atomic mass is 10.1. The summed E-state index contributed by atoms with van der Waals surface area (Å²) in [5.41, 5.74) is 2.57. The molecule has 0 fully saturated rings.